The minimum atomic E-state index is -0.255. The summed E-state index contributed by atoms with van der Waals surface area (Å²) in [6, 6.07) is 8.58. The SMILES string of the molecule is N#Cc1ccccc1C(=O)Br. The van der Waals surface area contributed by atoms with E-state index in [1.54, 1.807) is 24.3 Å². The van der Waals surface area contributed by atoms with Crippen LogP contribution in [0.25, 0.3) is 0 Å². The van der Waals surface area contributed by atoms with E-state index in [1.807, 2.05) is 6.07 Å². The topological polar surface area (TPSA) is 40.9 Å². The summed E-state index contributed by atoms with van der Waals surface area (Å²) in [5.41, 5.74) is 0.810. The number of halogens is 1. The summed E-state index contributed by atoms with van der Waals surface area (Å²) in [5.74, 6) is 0. The largest absolute Gasteiger partial charge is 0.281 e. The maximum Gasteiger partial charge on any atom is 0.229 e. The smallest absolute Gasteiger partial charge is 0.229 e. The van der Waals surface area contributed by atoms with Gasteiger partial charge in [-0.25, -0.2) is 0 Å². The zero-order chi connectivity index (χ0) is 8.27. The van der Waals surface area contributed by atoms with Gasteiger partial charge in [-0.3, -0.25) is 4.79 Å². The van der Waals surface area contributed by atoms with E-state index in [1.165, 1.54) is 0 Å². The molecule has 0 spiro atoms. The molecule has 0 aliphatic heterocycles. The van der Waals surface area contributed by atoms with Gasteiger partial charge in [-0.2, -0.15) is 5.26 Å². The third-order valence-corrected chi connectivity index (χ3v) is 1.69. The second-order valence-electron chi connectivity index (χ2n) is 1.93. The second-order valence-corrected chi connectivity index (χ2v) is 2.65. The van der Waals surface area contributed by atoms with Gasteiger partial charge in [0.2, 0.25) is 4.69 Å². The first-order chi connectivity index (χ1) is 5.25. The van der Waals surface area contributed by atoms with Crippen molar-refractivity contribution in [3.63, 3.8) is 0 Å². The van der Waals surface area contributed by atoms with Gasteiger partial charge in [0.05, 0.1) is 11.6 Å². The standard InChI is InChI=1S/C8H4BrNO/c9-8(11)7-4-2-1-3-6(7)5-10/h1-4H. The van der Waals surface area contributed by atoms with Gasteiger partial charge in [0.25, 0.3) is 0 Å². The second kappa shape index (κ2) is 3.31. The molecule has 2 nitrogen and oxygen atoms in total. The maximum atomic E-state index is 10.8. The Morgan fingerprint density at radius 1 is 1.45 bits per heavy atom. The van der Waals surface area contributed by atoms with E-state index < -0.39 is 0 Å². The fourth-order valence-electron chi connectivity index (χ4n) is 0.752. The van der Waals surface area contributed by atoms with Crippen LogP contribution in [0.4, 0.5) is 0 Å². The Bertz CT molecular complexity index is 327. The molecule has 3 heteroatoms. The van der Waals surface area contributed by atoms with Crippen LogP contribution >= 0.6 is 15.9 Å². The van der Waals surface area contributed by atoms with Gasteiger partial charge in [-0.15, -0.1) is 0 Å². The van der Waals surface area contributed by atoms with Crippen LogP contribution in [-0.4, -0.2) is 4.69 Å². The summed E-state index contributed by atoms with van der Waals surface area (Å²) in [5, 5.41) is 8.54. The highest BCUT2D eigenvalue weighted by molar-refractivity contribution is 9.18. The van der Waals surface area contributed by atoms with Crippen LogP contribution in [0.2, 0.25) is 0 Å². The van der Waals surface area contributed by atoms with Crippen LogP contribution in [0, 0.1) is 11.3 Å². The molecule has 0 saturated carbocycles. The van der Waals surface area contributed by atoms with Crippen molar-refractivity contribution >= 4 is 20.6 Å². The van der Waals surface area contributed by atoms with Crippen molar-refractivity contribution in [1.82, 2.24) is 0 Å². The number of rotatable bonds is 1. The fourth-order valence-corrected chi connectivity index (χ4v) is 1.10. The van der Waals surface area contributed by atoms with E-state index in [0.717, 1.165) is 0 Å². The molecule has 0 fully saturated rings. The molecule has 0 bridgehead atoms. The first-order valence-corrected chi connectivity index (χ1v) is 3.74. The van der Waals surface area contributed by atoms with Gasteiger partial charge in [0.15, 0.2) is 0 Å². The summed E-state index contributed by atoms with van der Waals surface area (Å²) in [6.45, 7) is 0. The molecule has 0 N–H and O–H groups in total. The molecule has 11 heavy (non-hydrogen) atoms. The van der Waals surface area contributed by atoms with Crippen LogP contribution in [0.1, 0.15) is 15.9 Å². The monoisotopic (exact) mass is 209 g/mol. The van der Waals surface area contributed by atoms with Crippen molar-refractivity contribution in [2.45, 2.75) is 0 Å². The van der Waals surface area contributed by atoms with Gasteiger partial charge >= 0.3 is 0 Å². The normalized spacial score (nSPS) is 8.73. The first kappa shape index (κ1) is 7.96. The molecular formula is C8H4BrNO. The molecule has 1 aromatic rings. The molecular weight excluding hydrogens is 206 g/mol. The lowest BCUT2D eigenvalue weighted by molar-refractivity contribution is 0.109. The summed E-state index contributed by atoms with van der Waals surface area (Å²) in [6.07, 6.45) is 0. The van der Waals surface area contributed by atoms with E-state index >= 15 is 0 Å². The molecule has 0 aliphatic rings. The van der Waals surface area contributed by atoms with Crippen LogP contribution < -0.4 is 0 Å². The minimum absolute atomic E-state index is 0.255. The van der Waals surface area contributed by atoms with Gasteiger partial charge in [0.1, 0.15) is 0 Å². The van der Waals surface area contributed by atoms with E-state index in [-0.39, 0.29) is 4.69 Å². The fraction of sp³-hybridized carbons (Fsp3) is 0. The quantitative estimate of drug-likeness (QED) is 0.666. The van der Waals surface area contributed by atoms with Crippen LogP contribution in [-0.2, 0) is 0 Å². The molecule has 0 saturated heterocycles. The zero-order valence-corrected chi connectivity index (χ0v) is 7.13. The van der Waals surface area contributed by atoms with Crippen molar-refractivity contribution in [2.24, 2.45) is 0 Å². The van der Waals surface area contributed by atoms with Gasteiger partial charge in [-0.1, -0.05) is 12.1 Å². The van der Waals surface area contributed by atoms with E-state index in [9.17, 15) is 4.79 Å². The highest BCUT2D eigenvalue weighted by Gasteiger charge is 2.05. The Morgan fingerprint density at radius 3 is 2.55 bits per heavy atom. The lowest BCUT2D eigenvalue weighted by atomic mass is 10.1. The molecule has 0 unspecified atom stereocenters. The van der Waals surface area contributed by atoms with E-state index in [0.29, 0.717) is 11.1 Å². The molecule has 0 amide bonds. The predicted octanol–water partition coefficient (Wildman–Crippen LogP) is 2.09. The maximum absolute atomic E-state index is 10.8. The van der Waals surface area contributed by atoms with Crippen LogP contribution in [0.15, 0.2) is 24.3 Å². The summed E-state index contributed by atoms with van der Waals surface area (Å²) < 4.78 is -0.255. The van der Waals surface area contributed by atoms with Crippen molar-refractivity contribution in [3.05, 3.63) is 35.4 Å². The Hall–Kier alpha value is -1.14. The van der Waals surface area contributed by atoms with Gasteiger partial charge in [0, 0.05) is 5.56 Å². The number of carbonyl (C=O) groups is 1. The molecule has 0 heterocycles. The number of carbonyl (C=O) groups excluding carboxylic acids is 1. The minimum Gasteiger partial charge on any atom is -0.281 e. The van der Waals surface area contributed by atoms with Crippen molar-refractivity contribution in [2.75, 3.05) is 0 Å². The number of nitriles is 1. The molecule has 1 aromatic carbocycles. The number of benzene rings is 1. The van der Waals surface area contributed by atoms with Crippen molar-refractivity contribution in [3.8, 4) is 6.07 Å². The van der Waals surface area contributed by atoms with E-state index in [4.69, 9.17) is 5.26 Å². The van der Waals surface area contributed by atoms with E-state index in [2.05, 4.69) is 15.9 Å². The molecule has 0 atom stereocenters. The average Bonchev–Trinajstić information content (AvgIpc) is 2.04. The molecule has 0 aliphatic carbocycles. The van der Waals surface area contributed by atoms with Gasteiger partial charge < -0.3 is 0 Å². The molecule has 54 valence electrons. The Morgan fingerprint density at radius 2 is 2.09 bits per heavy atom. The van der Waals surface area contributed by atoms with Crippen LogP contribution in [0.5, 0.6) is 0 Å². The van der Waals surface area contributed by atoms with Crippen molar-refractivity contribution < 1.29 is 4.79 Å². The Labute approximate surface area is 72.6 Å². The van der Waals surface area contributed by atoms with Crippen molar-refractivity contribution in [1.29, 1.82) is 5.26 Å². The highest BCUT2D eigenvalue weighted by Crippen LogP contribution is 2.10. The third-order valence-electron chi connectivity index (χ3n) is 1.26. The number of hydrogen-bond acceptors (Lipinski definition) is 2. The highest BCUT2D eigenvalue weighted by atomic mass is 79.9. The summed E-state index contributed by atoms with van der Waals surface area (Å²) in [7, 11) is 0. The number of hydrogen-bond donors (Lipinski definition) is 0. The Balaban J connectivity index is 3.26. The molecule has 0 aromatic heterocycles. The zero-order valence-electron chi connectivity index (χ0n) is 5.54. The lowest BCUT2D eigenvalue weighted by Gasteiger charge is -1.94. The number of nitrogens with zero attached hydrogens (tertiary/aromatic N) is 1. The summed E-state index contributed by atoms with van der Waals surface area (Å²) >= 11 is 2.78. The average molecular weight is 210 g/mol. The first-order valence-electron chi connectivity index (χ1n) is 2.94. The lowest BCUT2D eigenvalue weighted by Crippen LogP contribution is -1.91. The molecule has 1 rings (SSSR count). The molecule has 0 radical (unpaired) electrons. The summed E-state index contributed by atoms with van der Waals surface area (Å²) in [4.78, 5) is 10.8. The predicted molar refractivity (Wildman–Crippen MR) is 44.4 cm³/mol. The third kappa shape index (κ3) is 1.66. The van der Waals surface area contributed by atoms with Crippen LogP contribution in [0.3, 0.4) is 0 Å². The van der Waals surface area contributed by atoms with Gasteiger partial charge in [-0.05, 0) is 28.1 Å². The Kier molecular flexibility index (Phi) is 2.40.